The lowest BCUT2D eigenvalue weighted by molar-refractivity contribution is -0.133. The number of carbonyl (C=O) groups is 1. The molecule has 2 heterocycles. The molecule has 0 radical (unpaired) electrons. The van der Waals surface area contributed by atoms with E-state index in [1.807, 2.05) is 0 Å². The fourth-order valence-electron chi connectivity index (χ4n) is 3.52. The van der Waals surface area contributed by atoms with Gasteiger partial charge >= 0.3 is 5.69 Å². The Hall–Kier alpha value is -1.78. The van der Waals surface area contributed by atoms with E-state index in [9.17, 15) is 18.0 Å². The summed E-state index contributed by atoms with van der Waals surface area (Å²) >= 11 is 1.44. The van der Waals surface area contributed by atoms with Gasteiger partial charge in [-0.25, -0.2) is 13.2 Å². The van der Waals surface area contributed by atoms with Gasteiger partial charge in [-0.1, -0.05) is 0 Å². The molecule has 1 saturated heterocycles. The van der Waals surface area contributed by atoms with Crippen LogP contribution in [0.4, 0.5) is 0 Å². The fraction of sp³-hybridized carbons (Fsp3) is 0.529. The number of benzene rings is 1. The smallest absolute Gasteiger partial charge is 0.328 e. The van der Waals surface area contributed by atoms with Crippen molar-refractivity contribution in [3.8, 4) is 0 Å². The van der Waals surface area contributed by atoms with Crippen LogP contribution in [-0.2, 0) is 28.9 Å². The van der Waals surface area contributed by atoms with Crippen LogP contribution >= 0.6 is 11.8 Å². The number of hydrogen-bond donors (Lipinski definition) is 0. The van der Waals surface area contributed by atoms with Gasteiger partial charge in [-0.3, -0.25) is 13.9 Å². The van der Waals surface area contributed by atoms with Crippen molar-refractivity contribution in [2.75, 3.05) is 18.7 Å². The third-order valence-electron chi connectivity index (χ3n) is 5.42. The first kappa shape index (κ1) is 18.6. The van der Waals surface area contributed by atoms with Crippen molar-refractivity contribution in [3.63, 3.8) is 0 Å². The Morgan fingerprint density at radius 1 is 1.19 bits per heavy atom. The number of nitrogens with zero attached hydrogens (tertiary/aromatic N) is 4. The second kappa shape index (κ2) is 6.39. The van der Waals surface area contributed by atoms with Gasteiger partial charge in [0.05, 0.1) is 21.8 Å². The lowest BCUT2D eigenvalue weighted by atomic mass is 10.3. The third-order valence-corrected chi connectivity index (χ3v) is 8.45. The Bertz CT molecular complexity index is 1080. The third kappa shape index (κ3) is 2.90. The highest BCUT2D eigenvalue weighted by atomic mass is 32.2. The molecular weight excluding hydrogens is 388 g/mol. The lowest BCUT2D eigenvalue weighted by Crippen LogP contribution is -2.48. The molecule has 4 rings (SSSR count). The average Bonchev–Trinajstić information content (AvgIpc) is 3.35. The number of imidazole rings is 1. The first-order valence-electron chi connectivity index (χ1n) is 8.75. The summed E-state index contributed by atoms with van der Waals surface area (Å²) in [7, 11) is 1.17. The van der Waals surface area contributed by atoms with E-state index in [-0.39, 0.29) is 28.4 Å². The van der Waals surface area contributed by atoms with Crippen LogP contribution in [-0.4, -0.2) is 63.4 Å². The molecule has 2 aliphatic rings. The normalized spacial score (nSPS) is 21.1. The Morgan fingerprint density at radius 3 is 2.52 bits per heavy atom. The molecular formula is C17H22N4O4S2. The van der Waals surface area contributed by atoms with E-state index in [0.717, 1.165) is 12.8 Å². The second-order valence-corrected chi connectivity index (χ2v) is 10.0. The van der Waals surface area contributed by atoms with Crippen molar-refractivity contribution >= 4 is 38.7 Å². The summed E-state index contributed by atoms with van der Waals surface area (Å²) in [6, 6.07) is 4.22. The van der Waals surface area contributed by atoms with Crippen molar-refractivity contribution in [1.82, 2.24) is 18.3 Å². The van der Waals surface area contributed by atoms with Crippen LogP contribution in [0.5, 0.6) is 0 Å². The maximum Gasteiger partial charge on any atom is 0.328 e. The second-order valence-electron chi connectivity index (χ2n) is 7.14. The highest BCUT2D eigenvalue weighted by Crippen LogP contribution is 2.33. The Balaban J connectivity index is 1.72. The van der Waals surface area contributed by atoms with E-state index in [0.29, 0.717) is 16.8 Å². The van der Waals surface area contributed by atoms with Crippen molar-refractivity contribution in [2.45, 2.75) is 29.8 Å². The fourth-order valence-corrected chi connectivity index (χ4v) is 6.67. The highest BCUT2D eigenvalue weighted by molar-refractivity contribution is 8.00. The first-order valence-corrected chi connectivity index (χ1v) is 11.3. The largest absolute Gasteiger partial charge is 0.341 e. The maximum atomic E-state index is 13.3. The zero-order valence-electron chi connectivity index (χ0n) is 15.5. The topological polar surface area (TPSA) is 84.6 Å². The Kier molecular flexibility index (Phi) is 4.39. The van der Waals surface area contributed by atoms with Crippen LogP contribution < -0.4 is 5.69 Å². The van der Waals surface area contributed by atoms with Gasteiger partial charge in [0.15, 0.2) is 0 Å². The van der Waals surface area contributed by atoms with Crippen LogP contribution in [0.3, 0.4) is 0 Å². The molecule has 1 aromatic carbocycles. The summed E-state index contributed by atoms with van der Waals surface area (Å²) in [6.07, 6.45) is 1.96. The number of likely N-dealkylation sites (N-methyl/N-ethyl adjacent to an activating group) is 1. The molecule has 1 aliphatic heterocycles. The predicted molar refractivity (Wildman–Crippen MR) is 104 cm³/mol. The number of thioether (sulfide) groups is 1. The van der Waals surface area contributed by atoms with E-state index in [4.69, 9.17) is 0 Å². The van der Waals surface area contributed by atoms with E-state index >= 15 is 0 Å². The lowest BCUT2D eigenvalue weighted by Gasteiger charge is -2.26. The van der Waals surface area contributed by atoms with Gasteiger partial charge in [-0.05, 0) is 31.0 Å². The predicted octanol–water partition coefficient (Wildman–Crippen LogP) is 0.561. The van der Waals surface area contributed by atoms with Crippen LogP contribution in [0, 0.1) is 0 Å². The molecule has 27 heavy (non-hydrogen) atoms. The molecule has 2 aromatic rings. The van der Waals surface area contributed by atoms with E-state index in [2.05, 4.69) is 0 Å². The molecule has 0 spiro atoms. The number of fused-ring (bicyclic) bond motifs is 1. The van der Waals surface area contributed by atoms with Crippen molar-refractivity contribution in [3.05, 3.63) is 28.7 Å². The van der Waals surface area contributed by atoms with E-state index < -0.39 is 16.1 Å². The number of aryl methyl sites for hydroxylation is 2. The molecule has 1 amide bonds. The van der Waals surface area contributed by atoms with Crippen LogP contribution in [0.25, 0.3) is 11.0 Å². The standard InChI is InChI=1S/C17H22N4O4S2/c1-18(11-4-5-11)16(22)15-9-26-10-21(15)27(24,25)12-6-7-13-14(8-12)20(3)17(23)19(13)2/h6-8,11,15H,4-5,9-10H2,1-3H3. The molecule has 2 fully saturated rings. The van der Waals surface area contributed by atoms with Gasteiger partial charge in [0.2, 0.25) is 15.9 Å². The SMILES string of the molecule is CN(C(=O)C1CSCN1S(=O)(=O)c1ccc2c(c1)n(C)c(=O)n2C)C1CC1. The molecule has 8 nitrogen and oxygen atoms in total. The summed E-state index contributed by atoms with van der Waals surface area (Å²) in [5, 5.41) is 0. The number of carbonyl (C=O) groups excluding carboxylic acids is 1. The summed E-state index contributed by atoms with van der Waals surface area (Å²) < 4.78 is 30.7. The quantitative estimate of drug-likeness (QED) is 0.735. The molecule has 1 aromatic heterocycles. The zero-order valence-corrected chi connectivity index (χ0v) is 17.1. The molecule has 1 saturated carbocycles. The number of sulfonamides is 1. The summed E-state index contributed by atoms with van der Waals surface area (Å²) in [4.78, 5) is 26.7. The van der Waals surface area contributed by atoms with Gasteiger partial charge in [0, 0.05) is 32.9 Å². The molecule has 0 bridgehead atoms. The van der Waals surface area contributed by atoms with Gasteiger partial charge in [0.25, 0.3) is 0 Å². The van der Waals surface area contributed by atoms with Gasteiger partial charge in [-0.15, -0.1) is 11.8 Å². The monoisotopic (exact) mass is 410 g/mol. The summed E-state index contributed by atoms with van der Waals surface area (Å²) in [5.41, 5.74) is 1.00. The van der Waals surface area contributed by atoms with Crippen LogP contribution in [0.2, 0.25) is 0 Å². The molecule has 1 atom stereocenters. The number of hydrogen-bond acceptors (Lipinski definition) is 5. The summed E-state index contributed by atoms with van der Waals surface area (Å²) in [6.45, 7) is 0. The minimum atomic E-state index is -3.84. The zero-order chi connectivity index (χ0) is 19.5. The molecule has 1 unspecified atom stereocenters. The van der Waals surface area contributed by atoms with Crippen molar-refractivity contribution < 1.29 is 13.2 Å². The molecule has 146 valence electrons. The molecule has 1 aliphatic carbocycles. The maximum absolute atomic E-state index is 13.3. The highest BCUT2D eigenvalue weighted by Gasteiger charge is 2.43. The Morgan fingerprint density at radius 2 is 1.85 bits per heavy atom. The minimum absolute atomic E-state index is 0.102. The van der Waals surface area contributed by atoms with Gasteiger partial charge < -0.3 is 4.90 Å². The molecule has 10 heteroatoms. The number of amides is 1. The number of rotatable bonds is 4. The summed E-state index contributed by atoms with van der Waals surface area (Å²) in [5.74, 6) is 0.573. The van der Waals surface area contributed by atoms with E-state index in [1.54, 1.807) is 32.1 Å². The van der Waals surface area contributed by atoms with E-state index in [1.165, 1.54) is 37.3 Å². The first-order chi connectivity index (χ1) is 12.7. The Labute approximate surface area is 161 Å². The van der Waals surface area contributed by atoms with Gasteiger partial charge in [-0.2, -0.15) is 4.31 Å². The average molecular weight is 411 g/mol. The van der Waals surface area contributed by atoms with Crippen molar-refractivity contribution in [1.29, 1.82) is 0 Å². The minimum Gasteiger partial charge on any atom is -0.341 e. The molecule has 0 N–H and O–H groups in total. The van der Waals surface area contributed by atoms with Crippen molar-refractivity contribution in [2.24, 2.45) is 14.1 Å². The van der Waals surface area contributed by atoms with Gasteiger partial charge in [0.1, 0.15) is 6.04 Å². The number of aromatic nitrogens is 2. The van der Waals surface area contributed by atoms with Crippen LogP contribution in [0.15, 0.2) is 27.9 Å². The van der Waals surface area contributed by atoms with Crippen LogP contribution in [0.1, 0.15) is 12.8 Å².